The Kier molecular flexibility index (Phi) is 5.97. The second kappa shape index (κ2) is 7.27. The van der Waals surface area contributed by atoms with E-state index in [1.807, 2.05) is 0 Å². The van der Waals surface area contributed by atoms with Crippen LogP contribution in [0.4, 0.5) is 0 Å². The van der Waals surface area contributed by atoms with Crippen LogP contribution in [0.5, 0.6) is 0 Å². The van der Waals surface area contributed by atoms with Gasteiger partial charge in [0, 0.05) is 6.42 Å². The van der Waals surface area contributed by atoms with Gasteiger partial charge in [0.25, 0.3) is 0 Å². The Balaban J connectivity index is 2.21. The summed E-state index contributed by atoms with van der Waals surface area (Å²) in [6.07, 6.45) is 3.96. The highest BCUT2D eigenvalue weighted by Gasteiger charge is 2.19. The maximum absolute atomic E-state index is 11.6. The first-order valence-electron chi connectivity index (χ1n) is 6.36. The van der Waals surface area contributed by atoms with E-state index in [9.17, 15) is 9.59 Å². The van der Waals surface area contributed by atoms with Crippen LogP contribution in [0.25, 0.3) is 0 Å². The van der Waals surface area contributed by atoms with Crippen LogP contribution >= 0.6 is 0 Å². The number of piperidine rings is 1. The lowest BCUT2D eigenvalue weighted by atomic mass is 9.93. The van der Waals surface area contributed by atoms with Crippen LogP contribution in [0, 0.1) is 5.92 Å². The fraction of sp³-hybridized carbons (Fsp3) is 0.833. The molecule has 1 atom stereocenters. The molecule has 1 saturated heterocycles. The largest absolute Gasteiger partial charge is 0.480 e. The van der Waals surface area contributed by atoms with Crippen LogP contribution in [-0.4, -0.2) is 36.1 Å². The van der Waals surface area contributed by atoms with Crippen LogP contribution in [0.2, 0.25) is 0 Å². The summed E-state index contributed by atoms with van der Waals surface area (Å²) in [5.41, 5.74) is 0. The number of carbonyl (C=O) groups excluding carboxylic acids is 1. The summed E-state index contributed by atoms with van der Waals surface area (Å²) in [4.78, 5) is 22.3. The molecule has 0 aromatic rings. The SMILES string of the molecule is CCC(NC(=O)CCC1CCNCC1)C(=O)O. The number of carboxylic acids is 1. The Bertz CT molecular complexity index is 262. The first-order valence-corrected chi connectivity index (χ1v) is 6.36. The fourth-order valence-electron chi connectivity index (χ4n) is 2.11. The fourth-order valence-corrected chi connectivity index (χ4v) is 2.11. The summed E-state index contributed by atoms with van der Waals surface area (Å²) >= 11 is 0. The van der Waals surface area contributed by atoms with Gasteiger partial charge in [-0.1, -0.05) is 6.92 Å². The Morgan fingerprint density at radius 1 is 1.41 bits per heavy atom. The van der Waals surface area contributed by atoms with Crippen molar-refractivity contribution in [2.45, 2.75) is 45.1 Å². The molecule has 17 heavy (non-hydrogen) atoms. The molecule has 0 aromatic heterocycles. The van der Waals surface area contributed by atoms with Gasteiger partial charge in [-0.2, -0.15) is 0 Å². The standard InChI is InChI=1S/C12H22N2O3/c1-2-10(12(16)17)14-11(15)4-3-9-5-7-13-8-6-9/h9-10,13H,2-8H2,1H3,(H,14,15)(H,16,17). The van der Waals surface area contributed by atoms with Gasteiger partial charge >= 0.3 is 5.97 Å². The van der Waals surface area contributed by atoms with Gasteiger partial charge in [-0.25, -0.2) is 4.79 Å². The summed E-state index contributed by atoms with van der Waals surface area (Å²) in [5.74, 6) is -0.493. The van der Waals surface area contributed by atoms with Gasteiger partial charge in [0.15, 0.2) is 0 Å². The maximum atomic E-state index is 11.6. The Hall–Kier alpha value is -1.10. The molecule has 0 aromatic carbocycles. The van der Waals surface area contributed by atoms with Crippen LogP contribution < -0.4 is 10.6 Å². The van der Waals surface area contributed by atoms with Crippen LogP contribution in [0.1, 0.15) is 39.0 Å². The molecule has 0 radical (unpaired) electrons. The van der Waals surface area contributed by atoms with Crippen molar-refractivity contribution >= 4 is 11.9 Å². The highest BCUT2D eigenvalue weighted by atomic mass is 16.4. The summed E-state index contributed by atoms with van der Waals surface area (Å²) < 4.78 is 0. The van der Waals surface area contributed by atoms with Crippen molar-refractivity contribution in [2.24, 2.45) is 5.92 Å². The van der Waals surface area contributed by atoms with Crippen LogP contribution in [0.3, 0.4) is 0 Å². The average molecular weight is 242 g/mol. The Morgan fingerprint density at radius 2 is 2.06 bits per heavy atom. The molecule has 0 bridgehead atoms. The topological polar surface area (TPSA) is 78.4 Å². The zero-order valence-corrected chi connectivity index (χ0v) is 10.4. The van der Waals surface area contributed by atoms with Gasteiger partial charge in [0.05, 0.1) is 0 Å². The van der Waals surface area contributed by atoms with Crippen molar-refractivity contribution in [3.63, 3.8) is 0 Å². The molecule has 1 heterocycles. The molecule has 1 fully saturated rings. The van der Waals surface area contributed by atoms with Crippen molar-refractivity contribution in [3.05, 3.63) is 0 Å². The Labute approximate surface area is 102 Å². The predicted molar refractivity (Wildman–Crippen MR) is 64.7 cm³/mol. The van der Waals surface area contributed by atoms with Gasteiger partial charge in [-0.15, -0.1) is 0 Å². The molecule has 1 aliphatic heterocycles. The monoisotopic (exact) mass is 242 g/mol. The maximum Gasteiger partial charge on any atom is 0.326 e. The highest BCUT2D eigenvalue weighted by Crippen LogP contribution is 2.17. The third kappa shape index (κ3) is 5.17. The van der Waals surface area contributed by atoms with Gasteiger partial charge in [0.2, 0.25) is 5.91 Å². The molecule has 3 N–H and O–H groups in total. The second-order valence-electron chi connectivity index (χ2n) is 4.60. The molecule has 98 valence electrons. The minimum Gasteiger partial charge on any atom is -0.480 e. The number of aliphatic carboxylic acids is 1. The molecule has 1 amide bonds. The molecular formula is C12H22N2O3. The predicted octanol–water partition coefficient (Wildman–Crippen LogP) is 0.746. The van der Waals surface area contributed by atoms with E-state index in [0.29, 0.717) is 18.8 Å². The van der Waals surface area contributed by atoms with Crippen molar-refractivity contribution in [1.29, 1.82) is 0 Å². The van der Waals surface area contributed by atoms with E-state index < -0.39 is 12.0 Å². The van der Waals surface area contributed by atoms with E-state index in [2.05, 4.69) is 10.6 Å². The lowest BCUT2D eigenvalue weighted by Crippen LogP contribution is -2.40. The molecule has 1 rings (SSSR count). The summed E-state index contributed by atoms with van der Waals surface area (Å²) in [7, 11) is 0. The number of hydrogen-bond donors (Lipinski definition) is 3. The third-order valence-corrected chi connectivity index (χ3v) is 3.28. The van der Waals surface area contributed by atoms with Gasteiger partial charge in [0.1, 0.15) is 6.04 Å². The molecule has 0 aliphatic carbocycles. The number of hydrogen-bond acceptors (Lipinski definition) is 3. The normalized spacial score (nSPS) is 18.6. The van der Waals surface area contributed by atoms with Gasteiger partial charge in [-0.05, 0) is 44.7 Å². The third-order valence-electron chi connectivity index (χ3n) is 3.28. The van der Waals surface area contributed by atoms with E-state index in [1.54, 1.807) is 6.92 Å². The number of amides is 1. The van der Waals surface area contributed by atoms with E-state index in [4.69, 9.17) is 5.11 Å². The van der Waals surface area contributed by atoms with Crippen molar-refractivity contribution < 1.29 is 14.7 Å². The minimum atomic E-state index is -0.956. The van der Waals surface area contributed by atoms with Crippen LogP contribution in [0.15, 0.2) is 0 Å². The second-order valence-corrected chi connectivity index (χ2v) is 4.60. The Morgan fingerprint density at radius 3 is 2.59 bits per heavy atom. The van der Waals surface area contributed by atoms with Crippen molar-refractivity contribution in [1.82, 2.24) is 10.6 Å². The summed E-state index contributed by atoms with van der Waals surface area (Å²) in [5, 5.41) is 14.6. The first kappa shape index (κ1) is 14.0. The molecule has 5 nitrogen and oxygen atoms in total. The first-order chi connectivity index (χ1) is 8.13. The zero-order valence-electron chi connectivity index (χ0n) is 10.4. The average Bonchev–Trinajstić information content (AvgIpc) is 2.34. The van der Waals surface area contributed by atoms with Gasteiger partial charge in [-0.3, -0.25) is 4.79 Å². The number of rotatable bonds is 6. The molecule has 0 spiro atoms. The molecule has 0 saturated carbocycles. The van der Waals surface area contributed by atoms with Crippen molar-refractivity contribution in [3.8, 4) is 0 Å². The molecule has 1 unspecified atom stereocenters. The van der Waals surface area contributed by atoms with Crippen molar-refractivity contribution in [2.75, 3.05) is 13.1 Å². The zero-order chi connectivity index (χ0) is 12.7. The lowest BCUT2D eigenvalue weighted by molar-refractivity contribution is -0.141. The number of nitrogens with one attached hydrogen (secondary N) is 2. The van der Waals surface area contributed by atoms with Crippen LogP contribution in [-0.2, 0) is 9.59 Å². The quantitative estimate of drug-likeness (QED) is 0.642. The lowest BCUT2D eigenvalue weighted by Gasteiger charge is -2.22. The number of carboxylic acid groups (broad SMARTS) is 1. The molecular weight excluding hydrogens is 220 g/mol. The smallest absolute Gasteiger partial charge is 0.326 e. The molecule has 1 aliphatic rings. The van der Waals surface area contributed by atoms with E-state index in [0.717, 1.165) is 32.4 Å². The van der Waals surface area contributed by atoms with E-state index in [1.165, 1.54) is 0 Å². The highest BCUT2D eigenvalue weighted by molar-refractivity contribution is 5.83. The van der Waals surface area contributed by atoms with E-state index >= 15 is 0 Å². The summed E-state index contributed by atoms with van der Waals surface area (Å²) in [6, 6.07) is -0.740. The van der Waals surface area contributed by atoms with Gasteiger partial charge < -0.3 is 15.7 Å². The number of carbonyl (C=O) groups is 2. The van der Waals surface area contributed by atoms with E-state index in [-0.39, 0.29) is 5.91 Å². The minimum absolute atomic E-state index is 0.141. The molecule has 5 heteroatoms. The summed E-state index contributed by atoms with van der Waals surface area (Å²) in [6.45, 7) is 3.81.